The topological polar surface area (TPSA) is 79.8 Å². The first-order chi connectivity index (χ1) is 11.7. The zero-order valence-electron chi connectivity index (χ0n) is 15.1. The Labute approximate surface area is 183 Å². The maximum absolute atomic E-state index is 11.2. The minimum absolute atomic E-state index is 0. The zero-order valence-corrected chi connectivity index (χ0v) is 19.7. The maximum Gasteiger partial charge on any atom is 0.191 e. The molecule has 0 aliphatic carbocycles. The molecule has 0 saturated carbocycles. The fourth-order valence-electron chi connectivity index (χ4n) is 1.94. The monoisotopic (exact) mass is 537 g/mol. The van der Waals surface area contributed by atoms with Crippen molar-refractivity contribution in [1.29, 1.82) is 0 Å². The quantitative estimate of drug-likeness (QED) is 0.218. The van der Waals surface area contributed by atoms with Crippen LogP contribution in [0.2, 0.25) is 10.0 Å². The summed E-state index contributed by atoms with van der Waals surface area (Å²) in [6, 6.07) is 5.11. The number of nitrogens with one attached hydrogen (secondary N) is 2. The first-order valence-electron chi connectivity index (χ1n) is 7.94. The normalized spacial score (nSPS) is 12.9. The van der Waals surface area contributed by atoms with Gasteiger partial charge >= 0.3 is 0 Å². The van der Waals surface area contributed by atoms with E-state index in [0.29, 0.717) is 41.3 Å². The number of guanidine groups is 1. The second-order valence-corrected chi connectivity index (χ2v) is 8.84. The molecule has 1 unspecified atom stereocenters. The van der Waals surface area contributed by atoms with Crippen molar-refractivity contribution in [2.45, 2.75) is 25.8 Å². The van der Waals surface area contributed by atoms with Crippen LogP contribution in [-0.4, -0.2) is 52.6 Å². The molecule has 1 rings (SSSR count). The molecule has 0 aliphatic rings. The van der Waals surface area contributed by atoms with Crippen LogP contribution in [0.15, 0.2) is 23.2 Å². The number of hydrogen-bond donors (Lipinski definition) is 2. The molecule has 1 atom stereocenters. The zero-order chi connectivity index (χ0) is 18.9. The van der Waals surface area contributed by atoms with Gasteiger partial charge in [-0.05, 0) is 38.0 Å². The lowest BCUT2D eigenvalue weighted by molar-refractivity contribution is 0.311. The van der Waals surface area contributed by atoms with E-state index in [1.165, 1.54) is 6.26 Å². The number of sulfone groups is 1. The molecule has 26 heavy (non-hydrogen) atoms. The smallest absolute Gasteiger partial charge is 0.191 e. The van der Waals surface area contributed by atoms with Gasteiger partial charge in [-0.15, -0.1) is 24.0 Å². The fraction of sp³-hybridized carbons (Fsp3) is 0.562. The van der Waals surface area contributed by atoms with E-state index in [2.05, 4.69) is 15.6 Å². The van der Waals surface area contributed by atoms with Gasteiger partial charge in [0.25, 0.3) is 0 Å². The highest BCUT2D eigenvalue weighted by atomic mass is 127. The van der Waals surface area contributed by atoms with Crippen LogP contribution >= 0.6 is 47.2 Å². The highest BCUT2D eigenvalue weighted by Gasteiger charge is 2.09. The van der Waals surface area contributed by atoms with Crippen LogP contribution in [0.3, 0.4) is 0 Å². The summed E-state index contributed by atoms with van der Waals surface area (Å²) in [5.41, 5.74) is 0. The van der Waals surface area contributed by atoms with Crippen molar-refractivity contribution in [3.8, 4) is 5.75 Å². The molecular formula is C16H26Cl2IN3O3S. The lowest BCUT2D eigenvalue weighted by atomic mass is 10.3. The number of rotatable bonds is 9. The fourth-order valence-corrected chi connectivity index (χ4v) is 3.19. The summed E-state index contributed by atoms with van der Waals surface area (Å²) in [4.78, 5) is 4.12. The molecule has 0 aromatic heterocycles. The number of ether oxygens (including phenoxy) is 1. The molecule has 0 aliphatic heterocycles. The molecule has 1 aromatic carbocycles. The number of aliphatic imine (C=N–C) groups is 1. The summed E-state index contributed by atoms with van der Waals surface area (Å²) in [6.45, 7) is 3.07. The third-order valence-electron chi connectivity index (χ3n) is 3.29. The molecule has 0 bridgehead atoms. The average molecular weight is 538 g/mol. The van der Waals surface area contributed by atoms with Crippen LogP contribution in [0.4, 0.5) is 0 Å². The van der Waals surface area contributed by atoms with Crippen LogP contribution in [0.5, 0.6) is 5.75 Å². The highest BCUT2D eigenvalue weighted by molar-refractivity contribution is 14.0. The minimum atomic E-state index is -2.95. The van der Waals surface area contributed by atoms with Crippen molar-refractivity contribution in [2.24, 2.45) is 4.99 Å². The van der Waals surface area contributed by atoms with E-state index in [1.807, 2.05) is 6.92 Å². The van der Waals surface area contributed by atoms with Gasteiger partial charge in [0, 0.05) is 30.9 Å². The predicted molar refractivity (Wildman–Crippen MR) is 120 cm³/mol. The minimum Gasteiger partial charge on any atom is -0.492 e. The summed E-state index contributed by atoms with van der Waals surface area (Å²) in [6.07, 6.45) is 2.51. The SMILES string of the molecule is CN=C(NCCCOc1ccc(Cl)cc1Cl)NC(C)CCS(C)(=O)=O.I. The molecule has 0 radical (unpaired) electrons. The summed E-state index contributed by atoms with van der Waals surface area (Å²) >= 11 is 11.9. The number of halogens is 3. The van der Waals surface area contributed by atoms with Crippen LogP contribution in [0.1, 0.15) is 19.8 Å². The standard InChI is InChI=1S/C16H25Cl2N3O3S.HI/c1-12(7-10-25(3,22)23)21-16(19-2)20-8-4-9-24-15-6-5-13(17)11-14(15)18;/h5-6,11-12H,4,7-10H2,1-3H3,(H2,19,20,21);1H. The largest absolute Gasteiger partial charge is 0.492 e. The Hall–Kier alpha value is -0.450. The van der Waals surface area contributed by atoms with Gasteiger partial charge in [-0.3, -0.25) is 4.99 Å². The van der Waals surface area contributed by atoms with E-state index in [1.54, 1.807) is 25.2 Å². The Bertz CT molecular complexity index is 687. The molecule has 1 aromatic rings. The maximum atomic E-state index is 11.2. The molecular weight excluding hydrogens is 512 g/mol. The van der Waals surface area contributed by atoms with Gasteiger partial charge in [0.1, 0.15) is 15.6 Å². The van der Waals surface area contributed by atoms with Crippen LogP contribution < -0.4 is 15.4 Å². The lowest BCUT2D eigenvalue weighted by Crippen LogP contribution is -2.43. The van der Waals surface area contributed by atoms with Gasteiger partial charge in [0.15, 0.2) is 5.96 Å². The lowest BCUT2D eigenvalue weighted by Gasteiger charge is -2.17. The molecule has 0 saturated heterocycles. The summed E-state index contributed by atoms with van der Waals surface area (Å²) in [5.74, 6) is 1.38. The van der Waals surface area contributed by atoms with E-state index in [4.69, 9.17) is 27.9 Å². The van der Waals surface area contributed by atoms with Gasteiger partial charge < -0.3 is 15.4 Å². The second kappa shape index (κ2) is 12.9. The highest BCUT2D eigenvalue weighted by Crippen LogP contribution is 2.27. The third kappa shape index (κ3) is 11.3. The van der Waals surface area contributed by atoms with E-state index in [-0.39, 0.29) is 35.8 Å². The third-order valence-corrected chi connectivity index (χ3v) is 4.80. The molecule has 2 N–H and O–H groups in total. The van der Waals surface area contributed by atoms with E-state index >= 15 is 0 Å². The summed E-state index contributed by atoms with van der Waals surface area (Å²) in [7, 11) is -1.29. The number of benzene rings is 1. The molecule has 6 nitrogen and oxygen atoms in total. The molecule has 10 heteroatoms. The van der Waals surface area contributed by atoms with E-state index in [9.17, 15) is 8.42 Å². The van der Waals surface area contributed by atoms with Crippen molar-refractivity contribution < 1.29 is 13.2 Å². The van der Waals surface area contributed by atoms with Gasteiger partial charge in [-0.1, -0.05) is 23.2 Å². The molecule has 0 amide bonds. The predicted octanol–water partition coefficient (Wildman–Crippen LogP) is 3.37. The molecule has 0 fully saturated rings. The van der Waals surface area contributed by atoms with Gasteiger partial charge in [-0.2, -0.15) is 0 Å². The van der Waals surface area contributed by atoms with E-state index in [0.717, 1.165) is 6.42 Å². The van der Waals surface area contributed by atoms with E-state index < -0.39 is 9.84 Å². The van der Waals surface area contributed by atoms with Crippen molar-refractivity contribution in [3.05, 3.63) is 28.2 Å². The molecule has 150 valence electrons. The Morgan fingerprint density at radius 1 is 1.35 bits per heavy atom. The van der Waals surface area contributed by atoms with Crippen molar-refractivity contribution in [3.63, 3.8) is 0 Å². The van der Waals surface area contributed by atoms with Crippen molar-refractivity contribution in [1.82, 2.24) is 10.6 Å². The van der Waals surface area contributed by atoms with Crippen LogP contribution in [0.25, 0.3) is 0 Å². The van der Waals surface area contributed by atoms with Crippen LogP contribution in [0, 0.1) is 0 Å². The Morgan fingerprint density at radius 2 is 2.04 bits per heavy atom. The van der Waals surface area contributed by atoms with Crippen molar-refractivity contribution in [2.75, 3.05) is 32.2 Å². The molecule has 0 spiro atoms. The Kier molecular flexibility index (Phi) is 12.6. The molecule has 0 heterocycles. The first kappa shape index (κ1) is 25.6. The average Bonchev–Trinajstić information content (AvgIpc) is 2.52. The second-order valence-electron chi connectivity index (χ2n) is 5.74. The summed E-state index contributed by atoms with van der Waals surface area (Å²) < 4.78 is 28.0. The number of hydrogen-bond acceptors (Lipinski definition) is 4. The van der Waals surface area contributed by atoms with Crippen molar-refractivity contribution >= 4 is 63.0 Å². The summed E-state index contributed by atoms with van der Waals surface area (Å²) in [5, 5.41) is 7.38. The number of nitrogens with zero attached hydrogens (tertiary/aromatic N) is 1. The van der Waals surface area contributed by atoms with Crippen LogP contribution in [-0.2, 0) is 9.84 Å². The van der Waals surface area contributed by atoms with Gasteiger partial charge in [-0.25, -0.2) is 8.42 Å². The van der Waals surface area contributed by atoms with Gasteiger partial charge in [0.2, 0.25) is 0 Å². The Balaban J connectivity index is 0.00000625. The Morgan fingerprint density at radius 3 is 2.62 bits per heavy atom. The first-order valence-corrected chi connectivity index (χ1v) is 10.8. The van der Waals surface area contributed by atoms with Gasteiger partial charge in [0.05, 0.1) is 17.4 Å².